The largest absolute Gasteiger partial charge is 0.464 e. The summed E-state index contributed by atoms with van der Waals surface area (Å²) in [6.07, 6.45) is -4.47. The lowest BCUT2D eigenvalue weighted by molar-refractivity contribution is -0.199. The first-order valence-electron chi connectivity index (χ1n) is 6.34. The van der Waals surface area contributed by atoms with Gasteiger partial charge < -0.3 is 14.2 Å². The maximum Gasteiger partial charge on any atom is 0.437 e. The number of hydrogen-bond donors (Lipinski definition) is 0. The van der Waals surface area contributed by atoms with Gasteiger partial charge in [0, 0.05) is 12.3 Å². The van der Waals surface area contributed by atoms with Gasteiger partial charge in [0.1, 0.15) is 6.10 Å². The Bertz CT molecular complexity index is 580. The number of methoxy groups -OCH3 is 1. The van der Waals surface area contributed by atoms with E-state index in [0.29, 0.717) is 7.11 Å². The number of alkyl halides is 4. The summed E-state index contributed by atoms with van der Waals surface area (Å²) in [7, 11) is 0.647. The predicted octanol–water partition coefficient (Wildman–Crippen LogP) is 0.472. The van der Waals surface area contributed by atoms with Gasteiger partial charge in [-0.3, -0.25) is 0 Å². The van der Waals surface area contributed by atoms with Gasteiger partial charge >= 0.3 is 23.8 Å². The highest BCUT2D eigenvalue weighted by Crippen LogP contribution is 2.64. The van der Waals surface area contributed by atoms with Crippen LogP contribution in [0.3, 0.4) is 0 Å². The van der Waals surface area contributed by atoms with Gasteiger partial charge in [0.15, 0.2) is 11.8 Å². The summed E-state index contributed by atoms with van der Waals surface area (Å²) in [5.41, 5.74) is -5.55. The molecule has 2 aliphatic carbocycles. The van der Waals surface area contributed by atoms with Gasteiger partial charge in [-0.1, -0.05) is 0 Å². The smallest absolute Gasteiger partial charge is 0.437 e. The van der Waals surface area contributed by atoms with Crippen molar-refractivity contribution in [2.45, 2.75) is 42.3 Å². The molecule has 0 aromatic rings. The quantitative estimate of drug-likeness (QED) is 0.325. The maximum atomic E-state index is 14.6. The predicted molar refractivity (Wildman–Crippen MR) is 57.1 cm³/mol. The van der Waals surface area contributed by atoms with Crippen molar-refractivity contribution >= 4 is 17.9 Å². The summed E-state index contributed by atoms with van der Waals surface area (Å²) in [5, 5.41) is 0. The van der Waals surface area contributed by atoms with Crippen molar-refractivity contribution in [3.63, 3.8) is 0 Å². The van der Waals surface area contributed by atoms with Crippen LogP contribution < -0.4 is 0 Å². The van der Waals surface area contributed by atoms with Crippen molar-refractivity contribution in [1.29, 1.82) is 0 Å². The molecule has 3 rings (SSSR count). The SMILES string of the molecule is COC(=O)C(F)(F)C(=O)OC1C2CC3(F)C(=O)OC1C3(F)C2. The van der Waals surface area contributed by atoms with E-state index in [4.69, 9.17) is 0 Å². The van der Waals surface area contributed by atoms with Crippen molar-refractivity contribution in [2.75, 3.05) is 7.11 Å². The third-order valence-electron chi connectivity index (χ3n) is 4.47. The fourth-order valence-electron chi connectivity index (χ4n) is 3.42. The molecule has 0 spiro atoms. The van der Waals surface area contributed by atoms with Crippen LogP contribution in [-0.4, -0.2) is 54.5 Å². The molecule has 1 aliphatic heterocycles. The number of hydrogen-bond acceptors (Lipinski definition) is 6. The van der Waals surface area contributed by atoms with Gasteiger partial charge in [-0.2, -0.15) is 8.78 Å². The Kier molecular flexibility index (Phi) is 2.81. The Morgan fingerprint density at radius 1 is 1.27 bits per heavy atom. The lowest BCUT2D eigenvalue weighted by Gasteiger charge is -2.31. The molecule has 0 aromatic carbocycles. The molecule has 2 saturated carbocycles. The Hall–Kier alpha value is -1.87. The Morgan fingerprint density at radius 3 is 2.50 bits per heavy atom. The standard InChI is InChI=1S/C12H10F4O6/c1-20-8(18)12(15,16)9(19)21-5-4-2-10(13)6(5)22-7(17)11(10,14)3-4/h4-6H,2-3H2,1H3. The zero-order valence-electron chi connectivity index (χ0n) is 11.1. The second-order valence-electron chi connectivity index (χ2n) is 5.59. The first-order valence-corrected chi connectivity index (χ1v) is 6.34. The molecular formula is C12H10F4O6. The normalized spacial score (nSPS) is 42.2. The van der Waals surface area contributed by atoms with Gasteiger partial charge in [0.05, 0.1) is 7.11 Å². The molecule has 5 atom stereocenters. The van der Waals surface area contributed by atoms with Crippen LogP contribution in [0.2, 0.25) is 0 Å². The molecule has 0 aromatic heterocycles. The molecule has 10 heteroatoms. The number of fused-ring (bicyclic) bond motifs is 1. The molecule has 0 N–H and O–H groups in total. The molecule has 2 bridgehead atoms. The Balaban J connectivity index is 1.81. The molecule has 3 fully saturated rings. The second kappa shape index (κ2) is 4.11. The molecule has 0 amide bonds. The molecule has 3 aliphatic rings. The van der Waals surface area contributed by atoms with Gasteiger partial charge in [-0.15, -0.1) is 0 Å². The highest BCUT2D eigenvalue weighted by Gasteiger charge is 2.83. The molecule has 122 valence electrons. The first kappa shape index (κ1) is 15.0. The fourth-order valence-corrected chi connectivity index (χ4v) is 3.42. The van der Waals surface area contributed by atoms with E-state index in [0.717, 1.165) is 0 Å². The van der Waals surface area contributed by atoms with Gasteiger partial charge in [0.2, 0.25) is 5.67 Å². The zero-order chi connectivity index (χ0) is 16.5. The first-order chi connectivity index (χ1) is 10.1. The maximum absolute atomic E-state index is 14.6. The van der Waals surface area contributed by atoms with Crippen LogP contribution in [0.1, 0.15) is 12.8 Å². The van der Waals surface area contributed by atoms with Crippen molar-refractivity contribution in [3.8, 4) is 0 Å². The average Bonchev–Trinajstić information content (AvgIpc) is 2.90. The number of ether oxygens (including phenoxy) is 3. The molecule has 0 radical (unpaired) electrons. The summed E-state index contributed by atoms with van der Waals surface area (Å²) < 4.78 is 68.4. The summed E-state index contributed by atoms with van der Waals surface area (Å²) >= 11 is 0. The van der Waals surface area contributed by atoms with Crippen LogP contribution in [0.5, 0.6) is 0 Å². The molecule has 5 unspecified atom stereocenters. The average molecular weight is 326 g/mol. The minimum absolute atomic E-state index is 0.484. The highest BCUT2D eigenvalue weighted by molar-refractivity contribution is 6.01. The monoisotopic (exact) mass is 326 g/mol. The molecule has 1 heterocycles. The van der Waals surface area contributed by atoms with Gasteiger partial charge in [0.25, 0.3) is 0 Å². The summed E-state index contributed by atoms with van der Waals surface area (Å²) in [6, 6.07) is 0. The molecule has 1 saturated heterocycles. The lowest BCUT2D eigenvalue weighted by Crippen LogP contribution is -2.53. The second-order valence-corrected chi connectivity index (χ2v) is 5.59. The van der Waals surface area contributed by atoms with E-state index in [2.05, 4.69) is 14.2 Å². The van der Waals surface area contributed by atoms with Crippen LogP contribution in [0.4, 0.5) is 17.6 Å². The van der Waals surface area contributed by atoms with Gasteiger partial charge in [-0.05, 0) is 6.42 Å². The highest BCUT2D eigenvalue weighted by atomic mass is 19.3. The Morgan fingerprint density at radius 2 is 1.91 bits per heavy atom. The van der Waals surface area contributed by atoms with E-state index in [1.165, 1.54) is 0 Å². The van der Waals surface area contributed by atoms with E-state index in [1.54, 1.807) is 0 Å². The van der Waals surface area contributed by atoms with E-state index >= 15 is 0 Å². The summed E-state index contributed by atoms with van der Waals surface area (Å²) in [5.74, 6) is -11.4. The van der Waals surface area contributed by atoms with E-state index in [1.807, 2.05) is 0 Å². The van der Waals surface area contributed by atoms with Gasteiger partial charge in [-0.25, -0.2) is 23.2 Å². The molecular weight excluding hydrogens is 316 g/mol. The topological polar surface area (TPSA) is 78.9 Å². The minimum Gasteiger partial charge on any atom is -0.464 e. The van der Waals surface area contributed by atoms with Crippen molar-refractivity contribution in [1.82, 2.24) is 0 Å². The number of carbonyl (C=O) groups excluding carboxylic acids is 3. The van der Waals surface area contributed by atoms with E-state index in [-0.39, 0.29) is 0 Å². The van der Waals surface area contributed by atoms with Crippen LogP contribution in [-0.2, 0) is 28.6 Å². The number of esters is 3. The molecule has 6 nitrogen and oxygen atoms in total. The minimum atomic E-state index is -4.59. The summed E-state index contributed by atoms with van der Waals surface area (Å²) in [6.45, 7) is 0. The zero-order valence-corrected chi connectivity index (χ0v) is 11.1. The van der Waals surface area contributed by atoms with Crippen molar-refractivity contribution in [3.05, 3.63) is 0 Å². The fraction of sp³-hybridized carbons (Fsp3) is 0.750. The summed E-state index contributed by atoms with van der Waals surface area (Å²) in [4.78, 5) is 33.7. The lowest BCUT2D eigenvalue weighted by atomic mass is 9.83. The third-order valence-corrected chi connectivity index (χ3v) is 4.47. The number of halogens is 4. The Labute approximate surface area is 120 Å². The van der Waals surface area contributed by atoms with Crippen LogP contribution >= 0.6 is 0 Å². The van der Waals surface area contributed by atoms with E-state index < -0.39 is 66.1 Å². The number of carbonyl (C=O) groups is 3. The number of rotatable bonds is 3. The van der Waals surface area contributed by atoms with Crippen molar-refractivity contribution in [2.24, 2.45) is 5.92 Å². The molecule has 22 heavy (non-hydrogen) atoms. The van der Waals surface area contributed by atoms with Crippen LogP contribution in [0.25, 0.3) is 0 Å². The van der Waals surface area contributed by atoms with Crippen LogP contribution in [0.15, 0.2) is 0 Å². The van der Waals surface area contributed by atoms with E-state index in [9.17, 15) is 31.9 Å². The third kappa shape index (κ3) is 1.52. The van der Waals surface area contributed by atoms with Crippen LogP contribution in [0, 0.1) is 5.92 Å². The van der Waals surface area contributed by atoms with Crippen molar-refractivity contribution < 1.29 is 46.2 Å².